The van der Waals surface area contributed by atoms with Crippen LogP contribution in [0.4, 0.5) is 0 Å². The van der Waals surface area contributed by atoms with Gasteiger partial charge in [0, 0.05) is 12.8 Å². The fraction of sp³-hybridized carbons (Fsp3) is 0.909. The fourth-order valence-electron chi connectivity index (χ4n) is 1.86. The SMILES string of the molecule is CC(C)CCS(=O)(=O)C1CCCC(=O)C1. The normalized spacial score (nSPS) is 23.4. The zero-order valence-corrected chi connectivity index (χ0v) is 10.3. The smallest absolute Gasteiger partial charge is 0.153 e. The van der Waals surface area contributed by atoms with Gasteiger partial charge in [-0.3, -0.25) is 4.79 Å². The molecule has 0 aliphatic heterocycles. The lowest BCUT2D eigenvalue weighted by Crippen LogP contribution is -2.30. The van der Waals surface area contributed by atoms with Crippen molar-refractivity contribution in [2.45, 2.75) is 51.2 Å². The third-order valence-electron chi connectivity index (χ3n) is 2.92. The molecule has 3 nitrogen and oxygen atoms in total. The van der Waals surface area contributed by atoms with Crippen LogP contribution in [0.25, 0.3) is 0 Å². The molecule has 1 aliphatic rings. The van der Waals surface area contributed by atoms with Gasteiger partial charge in [-0.2, -0.15) is 0 Å². The van der Waals surface area contributed by atoms with E-state index < -0.39 is 15.1 Å². The van der Waals surface area contributed by atoms with Gasteiger partial charge in [0.25, 0.3) is 0 Å². The Labute approximate surface area is 92.2 Å². The third-order valence-corrected chi connectivity index (χ3v) is 5.15. The quantitative estimate of drug-likeness (QED) is 0.744. The Morgan fingerprint density at radius 2 is 2.07 bits per heavy atom. The molecule has 1 atom stereocenters. The van der Waals surface area contributed by atoms with Crippen LogP contribution in [0.1, 0.15) is 46.0 Å². The Bertz CT molecular complexity index is 317. The Morgan fingerprint density at radius 1 is 1.40 bits per heavy atom. The summed E-state index contributed by atoms with van der Waals surface area (Å²) in [6.07, 6.45) is 2.93. The van der Waals surface area contributed by atoms with Crippen LogP contribution in [0, 0.1) is 5.92 Å². The first-order valence-electron chi connectivity index (χ1n) is 5.65. The van der Waals surface area contributed by atoms with Crippen molar-refractivity contribution >= 4 is 15.6 Å². The maximum absolute atomic E-state index is 11.9. The fourth-order valence-corrected chi connectivity index (χ4v) is 3.96. The summed E-state index contributed by atoms with van der Waals surface area (Å²) in [6, 6.07) is 0. The minimum atomic E-state index is -3.03. The summed E-state index contributed by atoms with van der Waals surface area (Å²) in [7, 11) is -3.03. The summed E-state index contributed by atoms with van der Waals surface area (Å²) in [6.45, 7) is 4.03. The molecule has 0 spiro atoms. The van der Waals surface area contributed by atoms with Crippen molar-refractivity contribution in [2.24, 2.45) is 5.92 Å². The van der Waals surface area contributed by atoms with Crippen LogP contribution < -0.4 is 0 Å². The molecular weight excluding hydrogens is 212 g/mol. The molecular formula is C11H20O3S. The van der Waals surface area contributed by atoms with E-state index in [1.54, 1.807) is 0 Å². The molecule has 0 aromatic heterocycles. The molecule has 88 valence electrons. The number of sulfone groups is 1. The van der Waals surface area contributed by atoms with Gasteiger partial charge in [-0.05, 0) is 25.2 Å². The van der Waals surface area contributed by atoms with Crippen molar-refractivity contribution in [3.8, 4) is 0 Å². The number of ketones is 1. The summed E-state index contributed by atoms with van der Waals surface area (Å²) >= 11 is 0. The van der Waals surface area contributed by atoms with Gasteiger partial charge < -0.3 is 0 Å². The first-order valence-corrected chi connectivity index (χ1v) is 7.36. The highest BCUT2D eigenvalue weighted by atomic mass is 32.2. The predicted molar refractivity (Wildman–Crippen MR) is 60.5 cm³/mol. The lowest BCUT2D eigenvalue weighted by atomic mass is 9.99. The summed E-state index contributed by atoms with van der Waals surface area (Å²) < 4.78 is 23.8. The molecule has 1 unspecified atom stereocenters. The predicted octanol–water partition coefficient (Wildman–Crippen LogP) is 1.96. The molecule has 1 saturated carbocycles. The molecule has 0 saturated heterocycles. The average Bonchev–Trinajstić information content (AvgIpc) is 2.15. The highest BCUT2D eigenvalue weighted by molar-refractivity contribution is 7.92. The number of rotatable bonds is 4. The van der Waals surface area contributed by atoms with Gasteiger partial charge in [0.2, 0.25) is 0 Å². The van der Waals surface area contributed by atoms with Gasteiger partial charge in [0.1, 0.15) is 5.78 Å². The Kier molecular flexibility index (Phi) is 4.32. The topological polar surface area (TPSA) is 51.2 Å². The third kappa shape index (κ3) is 3.93. The van der Waals surface area contributed by atoms with Gasteiger partial charge in [0.15, 0.2) is 9.84 Å². The maximum atomic E-state index is 11.9. The summed E-state index contributed by atoms with van der Waals surface area (Å²) in [5.74, 6) is 0.751. The molecule has 15 heavy (non-hydrogen) atoms. The second-order valence-corrected chi connectivity index (χ2v) is 7.21. The largest absolute Gasteiger partial charge is 0.300 e. The molecule has 0 aromatic carbocycles. The lowest BCUT2D eigenvalue weighted by molar-refractivity contribution is -0.120. The summed E-state index contributed by atoms with van der Waals surface area (Å²) in [4.78, 5) is 11.2. The van der Waals surface area contributed by atoms with Crippen molar-refractivity contribution in [1.29, 1.82) is 0 Å². The molecule has 0 aromatic rings. The van der Waals surface area contributed by atoms with E-state index in [-0.39, 0.29) is 18.0 Å². The van der Waals surface area contributed by atoms with E-state index in [0.717, 1.165) is 6.42 Å². The van der Waals surface area contributed by atoms with Gasteiger partial charge >= 0.3 is 0 Å². The van der Waals surface area contributed by atoms with Crippen molar-refractivity contribution < 1.29 is 13.2 Å². The zero-order valence-electron chi connectivity index (χ0n) is 9.53. The number of carbonyl (C=O) groups is 1. The van der Waals surface area contributed by atoms with Gasteiger partial charge in [-0.1, -0.05) is 13.8 Å². The molecule has 0 N–H and O–H groups in total. The number of hydrogen-bond acceptors (Lipinski definition) is 3. The second-order valence-electron chi connectivity index (χ2n) is 4.81. The molecule has 0 radical (unpaired) electrons. The van der Waals surface area contributed by atoms with Crippen molar-refractivity contribution in [1.82, 2.24) is 0 Å². The van der Waals surface area contributed by atoms with E-state index in [1.165, 1.54) is 0 Å². The van der Waals surface area contributed by atoms with Crippen molar-refractivity contribution in [3.63, 3.8) is 0 Å². The first-order chi connectivity index (χ1) is 6.92. The number of hydrogen-bond donors (Lipinski definition) is 0. The van der Waals surface area contributed by atoms with E-state index in [4.69, 9.17) is 0 Å². The Morgan fingerprint density at radius 3 is 2.60 bits per heavy atom. The maximum Gasteiger partial charge on any atom is 0.153 e. The van der Waals surface area contributed by atoms with Crippen molar-refractivity contribution in [3.05, 3.63) is 0 Å². The van der Waals surface area contributed by atoms with E-state index in [2.05, 4.69) is 0 Å². The highest BCUT2D eigenvalue weighted by Gasteiger charge is 2.30. The zero-order chi connectivity index (χ0) is 11.5. The van der Waals surface area contributed by atoms with Crippen LogP contribution in [0.5, 0.6) is 0 Å². The highest BCUT2D eigenvalue weighted by Crippen LogP contribution is 2.23. The van der Waals surface area contributed by atoms with Crippen LogP contribution in [-0.2, 0) is 14.6 Å². The van der Waals surface area contributed by atoms with Crippen LogP contribution in [-0.4, -0.2) is 25.2 Å². The minimum Gasteiger partial charge on any atom is -0.300 e. The van der Waals surface area contributed by atoms with Crippen LogP contribution in [0.3, 0.4) is 0 Å². The molecule has 1 rings (SSSR count). The first kappa shape index (κ1) is 12.7. The Balaban J connectivity index is 2.56. The average molecular weight is 232 g/mol. The van der Waals surface area contributed by atoms with Crippen LogP contribution in [0.15, 0.2) is 0 Å². The standard InChI is InChI=1S/C11H20O3S/c1-9(2)6-7-15(13,14)11-5-3-4-10(12)8-11/h9,11H,3-8H2,1-2H3. The van der Waals surface area contributed by atoms with Gasteiger partial charge in [0.05, 0.1) is 11.0 Å². The molecule has 1 aliphatic carbocycles. The van der Waals surface area contributed by atoms with E-state index in [1.807, 2.05) is 13.8 Å². The second kappa shape index (κ2) is 5.10. The summed E-state index contributed by atoms with van der Waals surface area (Å²) in [5.41, 5.74) is 0. The van der Waals surface area contributed by atoms with Gasteiger partial charge in [-0.15, -0.1) is 0 Å². The molecule has 0 heterocycles. The number of Topliss-reactive ketones (excluding diaryl/α,β-unsaturated/α-hetero) is 1. The molecule has 4 heteroatoms. The molecule has 0 bridgehead atoms. The molecule has 0 amide bonds. The van der Waals surface area contributed by atoms with E-state index >= 15 is 0 Å². The van der Waals surface area contributed by atoms with E-state index in [0.29, 0.717) is 25.2 Å². The lowest BCUT2D eigenvalue weighted by Gasteiger charge is -2.21. The summed E-state index contributed by atoms with van der Waals surface area (Å²) in [5, 5.41) is -0.391. The van der Waals surface area contributed by atoms with Crippen molar-refractivity contribution in [2.75, 3.05) is 5.75 Å². The van der Waals surface area contributed by atoms with Crippen LogP contribution >= 0.6 is 0 Å². The number of carbonyl (C=O) groups excluding carboxylic acids is 1. The van der Waals surface area contributed by atoms with E-state index in [9.17, 15) is 13.2 Å². The monoisotopic (exact) mass is 232 g/mol. The minimum absolute atomic E-state index is 0.111. The van der Waals surface area contributed by atoms with Crippen LogP contribution in [0.2, 0.25) is 0 Å². The Hall–Kier alpha value is -0.380. The molecule has 1 fully saturated rings. The van der Waals surface area contributed by atoms with Gasteiger partial charge in [-0.25, -0.2) is 8.42 Å².